The molecule has 0 spiro atoms. The van der Waals surface area contributed by atoms with E-state index >= 15 is 0 Å². The molecule has 1 aromatic carbocycles. The van der Waals surface area contributed by atoms with Crippen LogP contribution >= 0.6 is 12.2 Å². The Labute approximate surface area is 108 Å². The van der Waals surface area contributed by atoms with Crippen LogP contribution in [0.1, 0.15) is 18.4 Å². The summed E-state index contributed by atoms with van der Waals surface area (Å²) in [6.07, 6.45) is 2.62. The summed E-state index contributed by atoms with van der Waals surface area (Å²) in [6, 6.07) is 10.2. The van der Waals surface area contributed by atoms with E-state index in [1.54, 1.807) is 0 Å². The van der Waals surface area contributed by atoms with E-state index in [2.05, 4.69) is 22.8 Å². The van der Waals surface area contributed by atoms with Crippen molar-refractivity contribution in [3.05, 3.63) is 35.9 Å². The van der Waals surface area contributed by atoms with Gasteiger partial charge in [0, 0.05) is 19.7 Å². The van der Waals surface area contributed by atoms with Crippen molar-refractivity contribution in [3.63, 3.8) is 0 Å². The first-order valence-corrected chi connectivity index (χ1v) is 6.42. The molecule has 1 aromatic rings. The molecule has 1 atom stereocenters. The van der Waals surface area contributed by atoms with Gasteiger partial charge in [-0.15, -0.1) is 0 Å². The molecule has 4 heteroatoms. The Balaban J connectivity index is 1.64. The molecule has 0 amide bonds. The molecule has 2 N–H and O–H groups in total. The van der Waals surface area contributed by atoms with E-state index in [9.17, 15) is 0 Å². The molecule has 1 fully saturated rings. The largest absolute Gasteiger partial charge is 0.376 e. The summed E-state index contributed by atoms with van der Waals surface area (Å²) in [5, 5.41) is 7.08. The van der Waals surface area contributed by atoms with Crippen LogP contribution in [0.15, 0.2) is 30.3 Å². The Bertz CT molecular complexity index is 350. The zero-order valence-electron chi connectivity index (χ0n) is 9.82. The molecule has 0 radical (unpaired) electrons. The van der Waals surface area contributed by atoms with Crippen molar-refractivity contribution in [3.8, 4) is 0 Å². The van der Waals surface area contributed by atoms with Crippen molar-refractivity contribution in [2.24, 2.45) is 0 Å². The van der Waals surface area contributed by atoms with Crippen LogP contribution < -0.4 is 10.6 Å². The quantitative estimate of drug-likeness (QED) is 0.799. The molecule has 0 saturated carbocycles. The summed E-state index contributed by atoms with van der Waals surface area (Å²) >= 11 is 5.21. The van der Waals surface area contributed by atoms with Crippen LogP contribution in [0.5, 0.6) is 0 Å². The highest BCUT2D eigenvalue weighted by Crippen LogP contribution is 2.10. The van der Waals surface area contributed by atoms with Gasteiger partial charge in [-0.3, -0.25) is 0 Å². The molecule has 1 aliphatic rings. The lowest BCUT2D eigenvalue weighted by Crippen LogP contribution is -2.39. The summed E-state index contributed by atoms with van der Waals surface area (Å²) in [5.74, 6) is 0. The van der Waals surface area contributed by atoms with Crippen molar-refractivity contribution in [2.45, 2.75) is 25.5 Å². The SMILES string of the molecule is S=C(NCc1ccccc1)NCC1CCCO1. The number of ether oxygens (including phenoxy) is 1. The molecular formula is C13H18N2OS. The van der Waals surface area contributed by atoms with E-state index in [0.717, 1.165) is 32.5 Å². The van der Waals surface area contributed by atoms with Crippen molar-refractivity contribution >= 4 is 17.3 Å². The van der Waals surface area contributed by atoms with Gasteiger partial charge in [-0.05, 0) is 30.6 Å². The van der Waals surface area contributed by atoms with Gasteiger partial charge in [0.25, 0.3) is 0 Å². The van der Waals surface area contributed by atoms with Gasteiger partial charge < -0.3 is 15.4 Å². The van der Waals surface area contributed by atoms with Gasteiger partial charge in [0.15, 0.2) is 5.11 Å². The molecule has 1 heterocycles. The maximum atomic E-state index is 5.52. The van der Waals surface area contributed by atoms with E-state index < -0.39 is 0 Å². The average molecular weight is 250 g/mol. The zero-order valence-corrected chi connectivity index (χ0v) is 10.6. The third-order valence-electron chi connectivity index (χ3n) is 2.81. The number of hydrogen-bond donors (Lipinski definition) is 2. The normalized spacial score (nSPS) is 18.9. The van der Waals surface area contributed by atoms with E-state index in [0.29, 0.717) is 11.2 Å². The van der Waals surface area contributed by atoms with E-state index in [1.807, 2.05) is 18.2 Å². The summed E-state index contributed by atoms with van der Waals surface area (Å²) in [6.45, 7) is 2.45. The number of thiocarbonyl (C=S) groups is 1. The second-order valence-electron chi connectivity index (χ2n) is 4.18. The van der Waals surface area contributed by atoms with Crippen LogP contribution in [0.3, 0.4) is 0 Å². The van der Waals surface area contributed by atoms with Crippen molar-refractivity contribution < 1.29 is 4.74 Å². The standard InChI is InChI=1S/C13H18N2OS/c17-13(15-10-12-7-4-8-16-12)14-9-11-5-2-1-3-6-11/h1-3,5-6,12H,4,7-10H2,(H2,14,15,17). The Morgan fingerprint density at radius 2 is 2.12 bits per heavy atom. The highest BCUT2D eigenvalue weighted by Gasteiger charge is 2.14. The minimum absolute atomic E-state index is 0.325. The first-order valence-electron chi connectivity index (χ1n) is 6.02. The number of nitrogens with one attached hydrogen (secondary N) is 2. The molecule has 1 aliphatic heterocycles. The van der Waals surface area contributed by atoms with Gasteiger partial charge in [0.2, 0.25) is 0 Å². The fraction of sp³-hybridized carbons (Fsp3) is 0.462. The van der Waals surface area contributed by atoms with Crippen molar-refractivity contribution in [2.75, 3.05) is 13.2 Å². The number of benzene rings is 1. The predicted octanol–water partition coefficient (Wildman–Crippen LogP) is 1.83. The van der Waals surface area contributed by atoms with Gasteiger partial charge in [0.1, 0.15) is 0 Å². The first-order chi connectivity index (χ1) is 8.34. The van der Waals surface area contributed by atoms with Crippen molar-refractivity contribution in [1.29, 1.82) is 0 Å². The van der Waals surface area contributed by atoms with Crippen LogP contribution in [-0.4, -0.2) is 24.4 Å². The van der Waals surface area contributed by atoms with E-state index in [4.69, 9.17) is 17.0 Å². The van der Waals surface area contributed by atoms with Crippen LogP contribution in [0.2, 0.25) is 0 Å². The van der Waals surface area contributed by atoms with E-state index in [1.165, 1.54) is 5.56 Å². The second kappa shape index (κ2) is 6.57. The topological polar surface area (TPSA) is 33.3 Å². The number of rotatable bonds is 4. The third kappa shape index (κ3) is 4.32. The van der Waals surface area contributed by atoms with Gasteiger partial charge in [-0.1, -0.05) is 30.3 Å². The smallest absolute Gasteiger partial charge is 0.166 e. The van der Waals surface area contributed by atoms with Gasteiger partial charge in [0.05, 0.1) is 6.10 Å². The minimum atomic E-state index is 0.325. The Morgan fingerprint density at radius 3 is 2.82 bits per heavy atom. The Kier molecular flexibility index (Phi) is 4.76. The fourth-order valence-electron chi connectivity index (χ4n) is 1.85. The average Bonchev–Trinajstić information content (AvgIpc) is 2.88. The summed E-state index contributed by atoms with van der Waals surface area (Å²) in [7, 11) is 0. The van der Waals surface area contributed by atoms with Gasteiger partial charge in [-0.2, -0.15) is 0 Å². The maximum absolute atomic E-state index is 5.52. The molecular weight excluding hydrogens is 232 g/mol. The lowest BCUT2D eigenvalue weighted by atomic mass is 10.2. The minimum Gasteiger partial charge on any atom is -0.376 e. The van der Waals surface area contributed by atoms with E-state index in [-0.39, 0.29) is 0 Å². The van der Waals surface area contributed by atoms with Crippen LogP contribution in [0.25, 0.3) is 0 Å². The summed E-state index contributed by atoms with van der Waals surface area (Å²) < 4.78 is 5.52. The second-order valence-corrected chi connectivity index (χ2v) is 4.59. The summed E-state index contributed by atoms with van der Waals surface area (Å²) in [5.41, 5.74) is 1.23. The van der Waals surface area contributed by atoms with Crippen LogP contribution in [0.4, 0.5) is 0 Å². The summed E-state index contributed by atoms with van der Waals surface area (Å²) in [4.78, 5) is 0. The molecule has 17 heavy (non-hydrogen) atoms. The molecule has 2 rings (SSSR count). The first kappa shape index (κ1) is 12.3. The highest BCUT2D eigenvalue weighted by molar-refractivity contribution is 7.80. The fourth-order valence-corrected chi connectivity index (χ4v) is 2.01. The van der Waals surface area contributed by atoms with Crippen LogP contribution in [0, 0.1) is 0 Å². The predicted molar refractivity (Wildman–Crippen MR) is 72.9 cm³/mol. The zero-order chi connectivity index (χ0) is 11.9. The molecule has 0 aliphatic carbocycles. The van der Waals surface area contributed by atoms with Gasteiger partial charge in [-0.25, -0.2) is 0 Å². The molecule has 0 bridgehead atoms. The van der Waals surface area contributed by atoms with Crippen molar-refractivity contribution in [1.82, 2.24) is 10.6 Å². The van der Waals surface area contributed by atoms with Gasteiger partial charge >= 0.3 is 0 Å². The molecule has 3 nitrogen and oxygen atoms in total. The number of hydrogen-bond acceptors (Lipinski definition) is 2. The molecule has 0 aromatic heterocycles. The van der Waals surface area contributed by atoms with Crippen LogP contribution in [-0.2, 0) is 11.3 Å². The third-order valence-corrected chi connectivity index (χ3v) is 3.10. The Morgan fingerprint density at radius 1 is 1.29 bits per heavy atom. The highest BCUT2D eigenvalue weighted by atomic mass is 32.1. The Hall–Kier alpha value is -1.13. The molecule has 1 saturated heterocycles. The molecule has 92 valence electrons. The molecule has 1 unspecified atom stereocenters. The maximum Gasteiger partial charge on any atom is 0.166 e. The lowest BCUT2D eigenvalue weighted by Gasteiger charge is -2.13. The monoisotopic (exact) mass is 250 g/mol. The lowest BCUT2D eigenvalue weighted by molar-refractivity contribution is 0.114.